The molecule has 0 aliphatic rings. The van der Waals surface area contributed by atoms with Crippen LogP contribution < -0.4 is 9.47 Å². The van der Waals surface area contributed by atoms with Gasteiger partial charge >= 0.3 is 0 Å². The third-order valence-electron chi connectivity index (χ3n) is 3.32. The van der Waals surface area contributed by atoms with Crippen LogP contribution in [0.4, 0.5) is 0 Å². The Morgan fingerprint density at radius 3 is 2.83 bits per heavy atom. The average molecular weight is 341 g/mol. The molecule has 0 radical (unpaired) electrons. The second-order valence-corrected chi connectivity index (χ2v) is 5.15. The number of methoxy groups -OCH3 is 2. The Morgan fingerprint density at radius 2 is 2.12 bits per heavy atom. The third kappa shape index (κ3) is 3.18. The van der Waals surface area contributed by atoms with E-state index in [-0.39, 0.29) is 0 Å². The van der Waals surface area contributed by atoms with E-state index in [2.05, 4.69) is 20.3 Å². The molecular formula is C16H15N5O2S. The lowest BCUT2D eigenvalue weighted by Gasteiger charge is -2.07. The summed E-state index contributed by atoms with van der Waals surface area (Å²) in [6.07, 6.45) is 5.05. The zero-order valence-electron chi connectivity index (χ0n) is 13.1. The summed E-state index contributed by atoms with van der Waals surface area (Å²) < 4.78 is 12.5. The van der Waals surface area contributed by atoms with Crippen LogP contribution in [0.1, 0.15) is 5.56 Å². The molecule has 0 saturated carbocycles. The SMILES string of the molecule is COc1ccc(C=Nn2c(-c3cccnc3)n[nH]c2=S)c(OC)c1. The zero-order valence-corrected chi connectivity index (χ0v) is 13.9. The Morgan fingerprint density at radius 1 is 1.25 bits per heavy atom. The fourth-order valence-electron chi connectivity index (χ4n) is 2.13. The van der Waals surface area contributed by atoms with Gasteiger partial charge in [-0.1, -0.05) is 0 Å². The number of aromatic nitrogens is 4. The van der Waals surface area contributed by atoms with Crippen LogP contribution in [0.25, 0.3) is 11.4 Å². The van der Waals surface area contributed by atoms with Crippen molar-refractivity contribution in [1.29, 1.82) is 0 Å². The summed E-state index contributed by atoms with van der Waals surface area (Å²) in [7, 11) is 3.20. The van der Waals surface area contributed by atoms with Crippen LogP contribution >= 0.6 is 12.2 Å². The first-order valence-corrected chi connectivity index (χ1v) is 7.48. The van der Waals surface area contributed by atoms with Gasteiger partial charge in [0.15, 0.2) is 5.82 Å². The number of pyridine rings is 1. The number of benzene rings is 1. The second kappa shape index (κ2) is 7.05. The number of ether oxygens (including phenoxy) is 2. The Bertz CT molecular complexity index is 918. The number of hydrogen-bond acceptors (Lipinski definition) is 6. The quantitative estimate of drug-likeness (QED) is 0.570. The maximum Gasteiger partial charge on any atom is 0.216 e. The number of nitrogens with one attached hydrogen (secondary N) is 1. The summed E-state index contributed by atoms with van der Waals surface area (Å²) in [5.74, 6) is 1.94. The van der Waals surface area contributed by atoms with E-state index in [4.69, 9.17) is 21.7 Å². The minimum absolute atomic E-state index is 0.387. The highest BCUT2D eigenvalue weighted by atomic mass is 32.1. The summed E-state index contributed by atoms with van der Waals surface area (Å²) >= 11 is 5.25. The highest BCUT2D eigenvalue weighted by Gasteiger charge is 2.08. The van der Waals surface area contributed by atoms with Gasteiger partial charge in [0.05, 0.1) is 20.4 Å². The van der Waals surface area contributed by atoms with E-state index in [1.54, 1.807) is 38.9 Å². The van der Waals surface area contributed by atoms with Gasteiger partial charge in [-0.15, -0.1) is 0 Å². The average Bonchev–Trinajstić information content (AvgIpc) is 3.01. The summed E-state index contributed by atoms with van der Waals surface area (Å²) in [6, 6.07) is 9.19. The van der Waals surface area contributed by atoms with E-state index in [1.807, 2.05) is 24.3 Å². The van der Waals surface area contributed by atoms with Crippen molar-refractivity contribution in [2.75, 3.05) is 14.2 Å². The monoisotopic (exact) mass is 341 g/mol. The van der Waals surface area contributed by atoms with Crippen molar-refractivity contribution >= 4 is 18.4 Å². The lowest BCUT2D eigenvalue weighted by Crippen LogP contribution is -1.97. The highest BCUT2D eigenvalue weighted by Crippen LogP contribution is 2.23. The van der Waals surface area contributed by atoms with Crippen molar-refractivity contribution in [3.8, 4) is 22.9 Å². The van der Waals surface area contributed by atoms with Crippen LogP contribution in [-0.4, -0.2) is 40.3 Å². The molecule has 0 amide bonds. The summed E-state index contributed by atoms with van der Waals surface area (Å²) in [6.45, 7) is 0. The normalized spacial score (nSPS) is 10.9. The number of nitrogens with zero attached hydrogens (tertiary/aromatic N) is 4. The van der Waals surface area contributed by atoms with Crippen molar-refractivity contribution < 1.29 is 9.47 Å². The van der Waals surface area contributed by atoms with Gasteiger partial charge in [0, 0.05) is 29.6 Å². The molecule has 24 heavy (non-hydrogen) atoms. The maximum atomic E-state index is 5.36. The molecule has 0 aliphatic heterocycles. The summed E-state index contributed by atoms with van der Waals surface area (Å²) in [4.78, 5) is 4.09. The fraction of sp³-hybridized carbons (Fsp3) is 0.125. The van der Waals surface area contributed by atoms with E-state index >= 15 is 0 Å². The Kier molecular flexibility index (Phi) is 4.66. The van der Waals surface area contributed by atoms with Gasteiger partial charge in [-0.05, 0) is 36.5 Å². The molecule has 0 spiro atoms. The Hall–Kier alpha value is -3.00. The maximum absolute atomic E-state index is 5.36. The summed E-state index contributed by atoms with van der Waals surface area (Å²) in [5, 5.41) is 11.4. The van der Waals surface area contributed by atoms with Crippen LogP contribution in [0.5, 0.6) is 11.5 Å². The molecule has 122 valence electrons. The Balaban J connectivity index is 1.99. The van der Waals surface area contributed by atoms with Crippen LogP contribution in [-0.2, 0) is 0 Å². The topological polar surface area (TPSA) is 77.3 Å². The molecule has 1 aromatic carbocycles. The lowest BCUT2D eigenvalue weighted by atomic mass is 10.2. The molecule has 7 nitrogen and oxygen atoms in total. The predicted molar refractivity (Wildman–Crippen MR) is 93.2 cm³/mol. The first-order valence-electron chi connectivity index (χ1n) is 7.07. The summed E-state index contributed by atoms with van der Waals surface area (Å²) in [5.41, 5.74) is 1.60. The van der Waals surface area contributed by atoms with Gasteiger partial charge in [-0.3, -0.25) is 4.98 Å². The Labute approximate surface area is 143 Å². The first-order chi connectivity index (χ1) is 11.7. The predicted octanol–water partition coefficient (Wildman–Crippen LogP) is 2.90. The molecule has 3 rings (SSSR count). The molecule has 2 heterocycles. The standard InChI is InChI=1S/C16H15N5O2S/c1-22-13-6-5-11(14(8-13)23-2)10-18-21-15(19-20-16(21)24)12-4-3-7-17-9-12/h3-10H,1-2H3,(H,20,24). The first kappa shape index (κ1) is 15.9. The van der Waals surface area contributed by atoms with Crippen LogP contribution in [0.2, 0.25) is 0 Å². The van der Waals surface area contributed by atoms with Gasteiger partial charge in [0.25, 0.3) is 0 Å². The molecule has 2 aromatic heterocycles. The molecule has 0 saturated heterocycles. The van der Waals surface area contributed by atoms with Crippen LogP contribution in [0.3, 0.4) is 0 Å². The largest absolute Gasteiger partial charge is 0.497 e. The number of aromatic amines is 1. The molecule has 0 fully saturated rings. The van der Waals surface area contributed by atoms with Gasteiger partial charge in [0.1, 0.15) is 11.5 Å². The smallest absolute Gasteiger partial charge is 0.216 e. The zero-order chi connectivity index (χ0) is 16.9. The molecule has 0 unspecified atom stereocenters. The van der Waals surface area contributed by atoms with Crippen molar-refractivity contribution in [2.45, 2.75) is 0 Å². The molecule has 3 aromatic rings. The van der Waals surface area contributed by atoms with Crippen molar-refractivity contribution in [2.24, 2.45) is 5.10 Å². The second-order valence-electron chi connectivity index (χ2n) is 4.76. The third-order valence-corrected chi connectivity index (χ3v) is 3.59. The number of rotatable bonds is 5. The molecule has 1 N–H and O–H groups in total. The van der Waals surface area contributed by atoms with E-state index < -0.39 is 0 Å². The van der Waals surface area contributed by atoms with Gasteiger partial charge in [-0.25, -0.2) is 5.10 Å². The van der Waals surface area contributed by atoms with Gasteiger partial charge in [-0.2, -0.15) is 14.9 Å². The molecular weight excluding hydrogens is 326 g/mol. The molecule has 0 bridgehead atoms. The van der Waals surface area contributed by atoms with Crippen LogP contribution in [0.15, 0.2) is 47.8 Å². The minimum atomic E-state index is 0.387. The van der Waals surface area contributed by atoms with Gasteiger partial charge < -0.3 is 9.47 Å². The van der Waals surface area contributed by atoms with E-state index in [1.165, 1.54) is 4.68 Å². The number of hydrogen-bond donors (Lipinski definition) is 1. The fourth-order valence-corrected chi connectivity index (χ4v) is 2.30. The van der Waals surface area contributed by atoms with Crippen molar-refractivity contribution in [3.05, 3.63) is 53.1 Å². The molecule has 0 atom stereocenters. The van der Waals surface area contributed by atoms with Crippen molar-refractivity contribution in [3.63, 3.8) is 0 Å². The van der Waals surface area contributed by atoms with Crippen LogP contribution in [0, 0.1) is 4.77 Å². The lowest BCUT2D eigenvalue weighted by molar-refractivity contribution is 0.394. The van der Waals surface area contributed by atoms with E-state index in [0.717, 1.165) is 11.1 Å². The molecule has 0 aliphatic carbocycles. The minimum Gasteiger partial charge on any atom is -0.497 e. The van der Waals surface area contributed by atoms with Crippen molar-refractivity contribution in [1.82, 2.24) is 19.9 Å². The van der Waals surface area contributed by atoms with Gasteiger partial charge in [0.2, 0.25) is 4.77 Å². The molecule has 8 heteroatoms. The number of H-pyrrole nitrogens is 1. The highest BCUT2D eigenvalue weighted by molar-refractivity contribution is 7.71. The van der Waals surface area contributed by atoms with E-state index in [0.29, 0.717) is 22.1 Å². The van der Waals surface area contributed by atoms with E-state index in [9.17, 15) is 0 Å².